The Morgan fingerprint density at radius 3 is 1.90 bits per heavy atom. The summed E-state index contributed by atoms with van der Waals surface area (Å²) in [6.07, 6.45) is 19.2. The van der Waals surface area contributed by atoms with Gasteiger partial charge in [-0.1, -0.05) is 127 Å². The van der Waals surface area contributed by atoms with Crippen molar-refractivity contribution >= 4 is 40.9 Å². The summed E-state index contributed by atoms with van der Waals surface area (Å²) in [7, 11) is 1.43. The van der Waals surface area contributed by atoms with E-state index < -0.39 is 29.7 Å². The maximum absolute atomic E-state index is 13.4. The molecule has 0 spiro atoms. The van der Waals surface area contributed by atoms with E-state index in [4.69, 9.17) is 4.74 Å². The van der Waals surface area contributed by atoms with Crippen LogP contribution >= 0.6 is 0 Å². The zero-order chi connectivity index (χ0) is 35.4. The fourth-order valence-corrected chi connectivity index (χ4v) is 6.20. The van der Waals surface area contributed by atoms with Gasteiger partial charge in [0.25, 0.3) is 11.8 Å². The number of urea groups is 1. The Hall–Kier alpha value is -4.21. The molecule has 2 N–H and O–H groups in total. The molecule has 1 saturated heterocycles. The van der Waals surface area contributed by atoms with E-state index in [2.05, 4.69) is 17.6 Å². The monoisotopic (exact) mass is 676 g/mol. The van der Waals surface area contributed by atoms with Gasteiger partial charge < -0.3 is 20.3 Å². The quantitative estimate of drug-likeness (QED) is 0.0655. The van der Waals surface area contributed by atoms with Gasteiger partial charge in [-0.3, -0.25) is 19.2 Å². The molecule has 0 radical (unpaired) electrons. The standard InChI is InChI=1S/C39H56N4O6/c1-4-5-6-7-8-9-10-11-12-13-14-15-16-17-21-24-35(45)40-32-25-26-34(49-3)33(27-32)41-38(47)37(30(2)44)43-36(46)29-42(39(43)48)28-31-22-19-18-20-23-31/h18-20,22-23,25-27,37H,4-17,21,24,28-29H2,1-3H3,(H,40,45)(H,41,47). The number of Topliss-reactive ketones (excluding diaryl/α,β-unsaturated/α-hetero) is 1. The predicted molar refractivity (Wildman–Crippen MR) is 193 cm³/mol. The molecular weight excluding hydrogens is 620 g/mol. The van der Waals surface area contributed by atoms with Gasteiger partial charge in [-0.15, -0.1) is 0 Å². The van der Waals surface area contributed by atoms with Gasteiger partial charge in [0.15, 0.2) is 11.8 Å². The van der Waals surface area contributed by atoms with Crippen LogP contribution in [-0.2, 0) is 25.7 Å². The van der Waals surface area contributed by atoms with Crippen LogP contribution in [0.15, 0.2) is 48.5 Å². The van der Waals surface area contributed by atoms with Crippen LogP contribution in [0.5, 0.6) is 5.75 Å². The second-order valence-corrected chi connectivity index (χ2v) is 13.1. The summed E-state index contributed by atoms with van der Waals surface area (Å²) in [5.74, 6) is -1.99. The van der Waals surface area contributed by atoms with Gasteiger partial charge in [-0.2, -0.15) is 0 Å². The average molecular weight is 677 g/mol. The van der Waals surface area contributed by atoms with Crippen LogP contribution in [0.1, 0.15) is 122 Å². The molecular formula is C39H56N4O6. The van der Waals surface area contributed by atoms with Crippen molar-refractivity contribution < 1.29 is 28.7 Å². The van der Waals surface area contributed by atoms with Gasteiger partial charge >= 0.3 is 6.03 Å². The van der Waals surface area contributed by atoms with Gasteiger partial charge in [0.2, 0.25) is 5.91 Å². The fourth-order valence-electron chi connectivity index (χ4n) is 6.20. The van der Waals surface area contributed by atoms with E-state index in [1.165, 1.54) is 95.1 Å². The van der Waals surface area contributed by atoms with Crippen LogP contribution in [0.3, 0.4) is 0 Å². The first-order valence-electron chi connectivity index (χ1n) is 18.2. The highest BCUT2D eigenvalue weighted by molar-refractivity contribution is 6.17. The van der Waals surface area contributed by atoms with Crippen molar-refractivity contribution in [1.29, 1.82) is 0 Å². The number of nitrogens with zero attached hydrogens (tertiary/aromatic N) is 2. The van der Waals surface area contributed by atoms with Gasteiger partial charge in [-0.05, 0) is 37.1 Å². The number of ketones is 1. The third-order valence-corrected chi connectivity index (χ3v) is 8.93. The number of anilines is 2. The molecule has 5 amide bonds. The van der Waals surface area contributed by atoms with Crippen molar-refractivity contribution in [2.24, 2.45) is 0 Å². The van der Waals surface area contributed by atoms with E-state index >= 15 is 0 Å². The molecule has 10 heteroatoms. The molecule has 1 fully saturated rings. The largest absolute Gasteiger partial charge is 0.495 e. The Balaban J connectivity index is 1.42. The zero-order valence-corrected chi connectivity index (χ0v) is 29.8. The van der Waals surface area contributed by atoms with E-state index in [0.29, 0.717) is 17.9 Å². The molecule has 2 aromatic rings. The van der Waals surface area contributed by atoms with E-state index in [-0.39, 0.29) is 24.7 Å². The Bertz CT molecular complexity index is 1360. The second kappa shape index (κ2) is 21.7. The topological polar surface area (TPSA) is 125 Å². The Labute approximate surface area is 292 Å². The van der Waals surface area contributed by atoms with Gasteiger partial charge in [0, 0.05) is 18.7 Å². The van der Waals surface area contributed by atoms with Gasteiger partial charge in [0.05, 0.1) is 12.8 Å². The number of carbonyl (C=O) groups is 5. The number of benzene rings is 2. The van der Waals surface area contributed by atoms with Crippen molar-refractivity contribution in [3.8, 4) is 5.75 Å². The SMILES string of the molecule is CCCCCCCCCCCCCCCCCC(=O)Nc1ccc(OC)c(NC(=O)C(C(C)=O)N2C(=O)CN(Cc3ccccc3)C2=O)c1. The number of ether oxygens (including phenoxy) is 1. The summed E-state index contributed by atoms with van der Waals surface area (Å²) >= 11 is 0. The van der Waals surface area contributed by atoms with Crippen LogP contribution in [-0.4, -0.2) is 59.0 Å². The predicted octanol–water partition coefficient (Wildman–Crippen LogP) is 8.26. The first-order valence-corrected chi connectivity index (χ1v) is 18.2. The van der Waals surface area contributed by atoms with Crippen LogP contribution in [0.2, 0.25) is 0 Å². The number of carbonyl (C=O) groups excluding carboxylic acids is 5. The first kappa shape index (κ1) is 39.2. The third-order valence-electron chi connectivity index (χ3n) is 8.93. The number of rotatable bonds is 24. The van der Waals surface area contributed by atoms with Crippen molar-refractivity contribution in [2.75, 3.05) is 24.3 Å². The second-order valence-electron chi connectivity index (χ2n) is 13.1. The maximum atomic E-state index is 13.4. The number of unbranched alkanes of at least 4 members (excludes halogenated alkanes) is 14. The molecule has 0 aliphatic carbocycles. The van der Waals surface area contributed by atoms with E-state index in [9.17, 15) is 24.0 Å². The summed E-state index contributed by atoms with van der Waals surface area (Å²) in [4.78, 5) is 66.9. The highest BCUT2D eigenvalue weighted by Crippen LogP contribution is 2.29. The van der Waals surface area contributed by atoms with E-state index in [1.807, 2.05) is 30.3 Å². The summed E-state index contributed by atoms with van der Waals surface area (Å²) in [5, 5.41) is 5.51. The molecule has 2 aromatic carbocycles. The molecule has 1 unspecified atom stereocenters. The number of imide groups is 1. The normalized spacial score (nSPS) is 13.4. The molecule has 0 saturated carbocycles. The smallest absolute Gasteiger partial charge is 0.328 e. The molecule has 0 aromatic heterocycles. The summed E-state index contributed by atoms with van der Waals surface area (Å²) in [6.45, 7) is 3.35. The number of nitrogens with one attached hydrogen (secondary N) is 2. The lowest BCUT2D eigenvalue weighted by atomic mass is 10.0. The van der Waals surface area contributed by atoms with Crippen LogP contribution in [0, 0.1) is 0 Å². The van der Waals surface area contributed by atoms with E-state index in [1.54, 1.807) is 12.1 Å². The summed E-state index contributed by atoms with van der Waals surface area (Å²) in [6, 6.07) is 11.6. The Kier molecular flexibility index (Phi) is 17.4. The minimum atomic E-state index is -1.66. The van der Waals surface area contributed by atoms with Crippen molar-refractivity contribution in [3.05, 3.63) is 54.1 Å². The number of hydrogen-bond acceptors (Lipinski definition) is 6. The molecule has 1 atom stereocenters. The molecule has 1 aliphatic heterocycles. The Morgan fingerprint density at radius 1 is 0.776 bits per heavy atom. The summed E-state index contributed by atoms with van der Waals surface area (Å²) < 4.78 is 5.39. The molecule has 0 bridgehead atoms. The molecule has 1 aliphatic rings. The average Bonchev–Trinajstić information content (AvgIpc) is 3.34. The fraction of sp³-hybridized carbons (Fsp3) is 0.564. The minimum Gasteiger partial charge on any atom is -0.495 e. The number of hydrogen-bond donors (Lipinski definition) is 2. The molecule has 1 heterocycles. The zero-order valence-electron chi connectivity index (χ0n) is 29.8. The molecule has 3 rings (SSSR count). The van der Waals surface area contributed by atoms with Crippen molar-refractivity contribution in [2.45, 2.75) is 129 Å². The van der Waals surface area contributed by atoms with Crippen molar-refractivity contribution in [1.82, 2.24) is 9.80 Å². The molecule has 268 valence electrons. The lowest BCUT2D eigenvalue weighted by molar-refractivity contribution is -0.138. The van der Waals surface area contributed by atoms with Crippen LogP contribution in [0.4, 0.5) is 16.2 Å². The third kappa shape index (κ3) is 13.3. The lowest BCUT2D eigenvalue weighted by Crippen LogP contribution is -2.51. The Morgan fingerprint density at radius 2 is 1.35 bits per heavy atom. The first-order chi connectivity index (χ1) is 23.7. The van der Waals surface area contributed by atoms with Crippen molar-refractivity contribution in [3.63, 3.8) is 0 Å². The number of methoxy groups -OCH3 is 1. The maximum Gasteiger partial charge on any atom is 0.328 e. The minimum absolute atomic E-state index is 0.134. The lowest BCUT2D eigenvalue weighted by Gasteiger charge is -2.24. The van der Waals surface area contributed by atoms with Gasteiger partial charge in [0.1, 0.15) is 12.3 Å². The summed E-state index contributed by atoms with van der Waals surface area (Å²) in [5.41, 5.74) is 1.46. The van der Waals surface area contributed by atoms with E-state index in [0.717, 1.165) is 36.6 Å². The van der Waals surface area contributed by atoms with Gasteiger partial charge in [-0.25, -0.2) is 9.69 Å². The van der Waals surface area contributed by atoms with Crippen LogP contribution in [0.25, 0.3) is 0 Å². The highest BCUT2D eigenvalue weighted by Gasteiger charge is 2.45. The number of amides is 5. The van der Waals surface area contributed by atoms with Crippen LogP contribution < -0.4 is 15.4 Å². The highest BCUT2D eigenvalue weighted by atomic mass is 16.5. The molecule has 49 heavy (non-hydrogen) atoms. The molecule has 10 nitrogen and oxygen atoms in total.